The number of aryl methyl sites for hydroxylation is 1. The monoisotopic (exact) mass is 428 g/mol. The first-order chi connectivity index (χ1) is 13.7. The summed E-state index contributed by atoms with van der Waals surface area (Å²) in [5.41, 5.74) is 0. The van der Waals surface area contributed by atoms with E-state index in [9.17, 15) is 14.4 Å². The molecule has 172 valence electrons. The SMILES string of the molecule is CC(=O)C(C)C.CC(C)C(=O)O.CC(C)c1n[nH]c(=O)o1.Cc1nnc(C(C)C)o1. The van der Waals surface area contributed by atoms with Crippen LogP contribution in [-0.4, -0.2) is 37.3 Å². The second-order valence-corrected chi connectivity index (χ2v) is 7.68. The average Bonchev–Trinajstić information content (AvgIpc) is 3.25. The van der Waals surface area contributed by atoms with Gasteiger partial charge in [-0.2, -0.15) is 0 Å². The fourth-order valence-electron chi connectivity index (χ4n) is 1.03. The van der Waals surface area contributed by atoms with E-state index in [1.54, 1.807) is 27.7 Å². The molecule has 2 rings (SSSR count). The number of hydrogen-bond donors (Lipinski definition) is 2. The van der Waals surface area contributed by atoms with Gasteiger partial charge in [-0.3, -0.25) is 9.59 Å². The van der Waals surface area contributed by atoms with Crippen molar-refractivity contribution >= 4 is 11.8 Å². The van der Waals surface area contributed by atoms with E-state index in [1.807, 2.05) is 41.5 Å². The zero-order chi connectivity index (χ0) is 24.0. The van der Waals surface area contributed by atoms with E-state index in [1.165, 1.54) is 0 Å². The predicted octanol–water partition coefficient (Wildman–Crippen LogP) is 3.95. The first-order valence-electron chi connectivity index (χ1n) is 9.77. The van der Waals surface area contributed by atoms with Crippen LogP contribution in [0.25, 0.3) is 0 Å². The molecule has 10 nitrogen and oxygen atoms in total. The van der Waals surface area contributed by atoms with Gasteiger partial charge < -0.3 is 13.9 Å². The van der Waals surface area contributed by atoms with Crippen LogP contribution < -0.4 is 5.76 Å². The van der Waals surface area contributed by atoms with Crippen LogP contribution in [0, 0.1) is 18.8 Å². The van der Waals surface area contributed by atoms with Gasteiger partial charge in [0.25, 0.3) is 0 Å². The molecule has 0 amide bonds. The fraction of sp³-hybridized carbons (Fsp3) is 0.700. The van der Waals surface area contributed by atoms with Gasteiger partial charge in [-0.25, -0.2) is 9.89 Å². The van der Waals surface area contributed by atoms with E-state index in [4.69, 9.17) is 9.52 Å². The highest BCUT2D eigenvalue weighted by molar-refractivity contribution is 5.77. The molecule has 0 atom stereocenters. The molecule has 2 aromatic rings. The molecule has 2 aromatic heterocycles. The molecule has 0 radical (unpaired) electrons. The second-order valence-electron chi connectivity index (χ2n) is 7.68. The smallest absolute Gasteiger partial charge is 0.434 e. The Bertz CT molecular complexity index is 769. The Morgan fingerprint density at radius 3 is 1.43 bits per heavy atom. The number of nitrogens with one attached hydrogen (secondary N) is 1. The Hall–Kier alpha value is -2.78. The summed E-state index contributed by atoms with van der Waals surface area (Å²) in [6.45, 7) is 18.3. The van der Waals surface area contributed by atoms with Crippen molar-refractivity contribution in [1.29, 1.82) is 0 Å². The lowest BCUT2D eigenvalue weighted by molar-refractivity contribution is -0.140. The molecular formula is C20H36N4O6. The van der Waals surface area contributed by atoms with E-state index in [0.29, 0.717) is 23.6 Å². The molecule has 0 fully saturated rings. The van der Waals surface area contributed by atoms with Gasteiger partial charge >= 0.3 is 11.7 Å². The maximum absolute atomic E-state index is 10.3. The van der Waals surface area contributed by atoms with Crippen LogP contribution in [0.1, 0.15) is 91.8 Å². The molecule has 0 spiro atoms. The number of Topliss-reactive ketones (excluding diaryl/α,β-unsaturated/α-hetero) is 1. The number of carboxylic acids is 1. The Balaban J connectivity index is 0. The summed E-state index contributed by atoms with van der Waals surface area (Å²) in [6.07, 6.45) is 0. The minimum Gasteiger partial charge on any atom is -0.481 e. The standard InChI is InChI=1S/C6H10N2O.C5H8N2O2.C5H10O.C4H8O2/c1-4(2)6-8-7-5(3)9-6;1-3(2)4-6-7-5(8)9-4;1-4(2)5(3)6;1-3(2)4(5)6/h4H,1-3H3;3H,1-2H3,(H,7,8);4H,1-3H3;3H,1-2H3,(H,5,6). The number of carboxylic acid groups (broad SMARTS) is 1. The molecule has 0 aromatic carbocycles. The maximum Gasteiger partial charge on any atom is 0.434 e. The van der Waals surface area contributed by atoms with E-state index in [0.717, 1.165) is 0 Å². The molecule has 2 N–H and O–H groups in total. The van der Waals surface area contributed by atoms with Crippen LogP contribution in [0.3, 0.4) is 0 Å². The van der Waals surface area contributed by atoms with Crippen molar-refractivity contribution in [3.63, 3.8) is 0 Å². The molecule has 0 aliphatic carbocycles. The number of carbonyl (C=O) groups is 2. The summed E-state index contributed by atoms with van der Waals surface area (Å²) in [6, 6.07) is 0. The average molecular weight is 429 g/mol. The van der Waals surface area contributed by atoms with Gasteiger partial charge in [-0.1, -0.05) is 55.4 Å². The number of ketones is 1. The largest absolute Gasteiger partial charge is 0.481 e. The summed E-state index contributed by atoms with van der Waals surface area (Å²) < 4.78 is 9.75. The first kappa shape index (κ1) is 29.4. The molecule has 0 aliphatic rings. The fourth-order valence-corrected chi connectivity index (χ4v) is 1.03. The normalized spacial score (nSPS) is 10.1. The zero-order valence-corrected chi connectivity index (χ0v) is 19.6. The van der Waals surface area contributed by atoms with Gasteiger partial charge in [0.05, 0.1) is 5.92 Å². The van der Waals surface area contributed by atoms with Crippen LogP contribution >= 0.6 is 0 Å². The summed E-state index contributed by atoms with van der Waals surface area (Å²) in [4.78, 5) is 30.2. The van der Waals surface area contributed by atoms with Crippen LogP contribution in [0.15, 0.2) is 13.6 Å². The highest BCUT2D eigenvalue weighted by Gasteiger charge is 2.05. The third kappa shape index (κ3) is 15.2. The predicted molar refractivity (Wildman–Crippen MR) is 112 cm³/mol. The number of carbonyl (C=O) groups excluding carboxylic acids is 1. The summed E-state index contributed by atoms with van der Waals surface area (Å²) in [7, 11) is 0. The molecule has 0 unspecified atom stereocenters. The van der Waals surface area contributed by atoms with Crippen molar-refractivity contribution in [2.75, 3.05) is 0 Å². The molecule has 30 heavy (non-hydrogen) atoms. The van der Waals surface area contributed by atoms with Gasteiger partial charge in [0.2, 0.25) is 17.7 Å². The van der Waals surface area contributed by atoms with Gasteiger partial charge in [0, 0.05) is 24.7 Å². The van der Waals surface area contributed by atoms with Crippen molar-refractivity contribution in [3.8, 4) is 0 Å². The lowest BCUT2D eigenvalue weighted by atomic mass is 10.1. The van der Waals surface area contributed by atoms with Crippen molar-refractivity contribution in [2.45, 2.75) is 81.1 Å². The quantitative estimate of drug-likeness (QED) is 0.737. The van der Waals surface area contributed by atoms with Crippen LogP contribution in [0.4, 0.5) is 0 Å². The third-order valence-electron chi connectivity index (χ3n) is 3.29. The molecule has 0 saturated heterocycles. The zero-order valence-electron chi connectivity index (χ0n) is 19.6. The summed E-state index contributed by atoms with van der Waals surface area (Å²) in [5.74, 6) is 1.33. The number of nitrogens with zero attached hydrogens (tertiary/aromatic N) is 3. The van der Waals surface area contributed by atoms with Gasteiger partial charge in [0.15, 0.2) is 0 Å². The van der Waals surface area contributed by atoms with E-state index < -0.39 is 11.7 Å². The lowest BCUT2D eigenvalue weighted by Crippen LogP contribution is -2.03. The first-order valence-corrected chi connectivity index (χ1v) is 9.77. The minimum atomic E-state index is -0.741. The van der Waals surface area contributed by atoms with E-state index >= 15 is 0 Å². The van der Waals surface area contributed by atoms with Crippen LogP contribution in [0.2, 0.25) is 0 Å². The molecule has 0 aliphatic heterocycles. The third-order valence-corrected chi connectivity index (χ3v) is 3.29. The Labute approximate surface area is 177 Å². The van der Waals surface area contributed by atoms with Gasteiger partial charge in [-0.05, 0) is 6.92 Å². The second kappa shape index (κ2) is 15.1. The molecule has 0 saturated carbocycles. The number of aliphatic carboxylic acids is 1. The van der Waals surface area contributed by atoms with Crippen molar-refractivity contribution in [3.05, 3.63) is 28.2 Å². The number of aromatic nitrogens is 4. The van der Waals surface area contributed by atoms with Gasteiger partial charge in [0.1, 0.15) is 5.78 Å². The Morgan fingerprint density at radius 1 is 0.867 bits per heavy atom. The highest BCUT2D eigenvalue weighted by atomic mass is 16.4. The molecule has 2 heterocycles. The van der Waals surface area contributed by atoms with Crippen molar-refractivity contribution < 1.29 is 23.5 Å². The van der Waals surface area contributed by atoms with Crippen molar-refractivity contribution in [1.82, 2.24) is 20.4 Å². The van der Waals surface area contributed by atoms with E-state index in [-0.39, 0.29) is 23.5 Å². The maximum atomic E-state index is 10.3. The molecule has 0 bridgehead atoms. The lowest BCUT2D eigenvalue weighted by Gasteiger charge is -1.92. The highest BCUT2D eigenvalue weighted by Crippen LogP contribution is 2.10. The van der Waals surface area contributed by atoms with Crippen LogP contribution in [0.5, 0.6) is 0 Å². The number of hydrogen-bond acceptors (Lipinski definition) is 8. The molecule has 10 heteroatoms. The Kier molecular flexibility index (Phi) is 14.8. The molecular weight excluding hydrogens is 392 g/mol. The summed E-state index contributed by atoms with van der Waals surface area (Å²) in [5, 5.41) is 21.3. The number of H-pyrrole nitrogens is 1. The number of rotatable bonds is 4. The Morgan fingerprint density at radius 2 is 1.30 bits per heavy atom. The van der Waals surface area contributed by atoms with Crippen molar-refractivity contribution in [2.24, 2.45) is 11.8 Å². The minimum absolute atomic E-state index is 0.170. The summed E-state index contributed by atoms with van der Waals surface area (Å²) >= 11 is 0. The topological polar surface area (TPSA) is 152 Å². The number of aromatic amines is 1. The van der Waals surface area contributed by atoms with E-state index in [2.05, 4.69) is 24.8 Å². The van der Waals surface area contributed by atoms with Crippen LogP contribution in [-0.2, 0) is 9.59 Å². The van der Waals surface area contributed by atoms with Gasteiger partial charge in [-0.15, -0.1) is 15.3 Å².